The van der Waals surface area contributed by atoms with Crippen LogP contribution < -0.4 is 10.5 Å². The maximum absolute atomic E-state index is 8.86. The minimum absolute atomic E-state index is 0.267. The van der Waals surface area contributed by atoms with Crippen LogP contribution in [0.5, 0.6) is 0 Å². The lowest BCUT2D eigenvalue weighted by Crippen LogP contribution is -2.14. The summed E-state index contributed by atoms with van der Waals surface area (Å²) in [5.74, 6) is 0.340. The zero-order valence-electron chi connectivity index (χ0n) is 8.69. The van der Waals surface area contributed by atoms with Gasteiger partial charge in [-0.2, -0.15) is 5.26 Å². The molecule has 4 nitrogen and oxygen atoms in total. The van der Waals surface area contributed by atoms with Crippen molar-refractivity contribution in [2.45, 2.75) is 6.92 Å². The molecule has 0 radical (unpaired) electrons. The van der Waals surface area contributed by atoms with Crippen molar-refractivity contribution in [1.82, 2.24) is 4.57 Å². The van der Waals surface area contributed by atoms with Crippen LogP contribution in [0.3, 0.4) is 0 Å². The van der Waals surface area contributed by atoms with Gasteiger partial charge in [-0.1, -0.05) is 29.5 Å². The van der Waals surface area contributed by atoms with Gasteiger partial charge in [0.05, 0.1) is 5.69 Å². The largest absolute Gasteiger partial charge is 0.383 e. The first-order chi connectivity index (χ1) is 7.65. The number of nitrogen functional groups attached to an aromatic ring is 1. The fourth-order valence-corrected chi connectivity index (χ4v) is 2.26. The van der Waals surface area contributed by atoms with Crippen LogP contribution in [0.1, 0.15) is 10.4 Å². The summed E-state index contributed by atoms with van der Waals surface area (Å²) in [6.45, 7) is 1.95. The van der Waals surface area contributed by atoms with E-state index in [0.29, 0.717) is 10.7 Å². The van der Waals surface area contributed by atoms with Gasteiger partial charge in [0.15, 0.2) is 4.80 Å². The van der Waals surface area contributed by atoms with E-state index in [0.717, 1.165) is 22.6 Å². The lowest BCUT2D eigenvalue weighted by atomic mass is 10.2. The van der Waals surface area contributed by atoms with Gasteiger partial charge in [-0.25, -0.2) is 0 Å². The van der Waals surface area contributed by atoms with Crippen LogP contribution in [0.4, 0.5) is 5.82 Å². The molecule has 16 heavy (non-hydrogen) atoms. The maximum Gasteiger partial charge on any atom is 0.189 e. The van der Waals surface area contributed by atoms with E-state index in [2.05, 4.69) is 0 Å². The number of thiazole rings is 1. The Labute approximate surface area is 96.7 Å². The van der Waals surface area contributed by atoms with E-state index < -0.39 is 0 Å². The van der Waals surface area contributed by atoms with Gasteiger partial charge >= 0.3 is 0 Å². The molecular formula is C11H10N4S. The first-order valence-electron chi connectivity index (χ1n) is 4.67. The van der Waals surface area contributed by atoms with Crippen molar-refractivity contribution in [2.24, 2.45) is 0 Å². The zero-order chi connectivity index (χ0) is 11.7. The Morgan fingerprint density at radius 1 is 1.44 bits per heavy atom. The van der Waals surface area contributed by atoms with Crippen LogP contribution >= 0.6 is 11.3 Å². The molecule has 0 amide bonds. The van der Waals surface area contributed by atoms with Gasteiger partial charge in [-0.3, -0.25) is 9.98 Å². The SMILES string of the molecule is Cc1ccccc1-n1c(N)c(C#N)sc1=N. The van der Waals surface area contributed by atoms with Crippen molar-refractivity contribution < 1.29 is 0 Å². The molecule has 2 rings (SSSR count). The maximum atomic E-state index is 8.86. The van der Waals surface area contributed by atoms with Gasteiger partial charge < -0.3 is 5.73 Å². The summed E-state index contributed by atoms with van der Waals surface area (Å²) in [7, 11) is 0. The highest BCUT2D eigenvalue weighted by molar-refractivity contribution is 7.10. The summed E-state index contributed by atoms with van der Waals surface area (Å²) in [5, 5.41) is 16.7. The highest BCUT2D eigenvalue weighted by Crippen LogP contribution is 2.20. The summed E-state index contributed by atoms with van der Waals surface area (Å²) >= 11 is 1.09. The van der Waals surface area contributed by atoms with Crippen molar-refractivity contribution >= 4 is 17.2 Å². The summed E-state index contributed by atoms with van der Waals surface area (Å²) in [6.07, 6.45) is 0. The number of nitrogens with one attached hydrogen (secondary N) is 1. The first kappa shape index (κ1) is 10.5. The molecule has 1 aromatic heterocycles. The van der Waals surface area contributed by atoms with E-state index in [4.69, 9.17) is 16.4 Å². The zero-order valence-corrected chi connectivity index (χ0v) is 9.51. The topological polar surface area (TPSA) is 78.6 Å². The van der Waals surface area contributed by atoms with E-state index in [-0.39, 0.29) is 4.80 Å². The van der Waals surface area contributed by atoms with Crippen LogP contribution in [-0.4, -0.2) is 4.57 Å². The van der Waals surface area contributed by atoms with Crippen molar-refractivity contribution in [3.63, 3.8) is 0 Å². The molecule has 0 fully saturated rings. The van der Waals surface area contributed by atoms with E-state index in [9.17, 15) is 0 Å². The molecule has 0 unspecified atom stereocenters. The number of hydrogen-bond donors (Lipinski definition) is 2. The Kier molecular flexibility index (Phi) is 2.50. The molecule has 80 valence electrons. The second-order valence-electron chi connectivity index (χ2n) is 3.36. The third kappa shape index (κ3) is 1.49. The van der Waals surface area contributed by atoms with Gasteiger partial charge in [-0.15, -0.1) is 0 Å². The highest BCUT2D eigenvalue weighted by atomic mass is 32.1. The Hall–Kier alpha value is -2.06. The number of hydrogen-bond acceptors (Lipinski definition) is 4. The Bertz CT molecular complexity index is 630. The lowest BCUT2D eigenvalue weighted by molar-refractivity contribution is 0.978. The lowest BCUT2D eigenvalue weighted by Gasteiger charge is -2.08. The number of benzene rings is 1. The van der Waals surface area contributed by atoms with Gasteiger partial charge in [0, 0.05) is 0 Å². The summed E-state index contributed by atoms with van der Waals surface area (Å²) in [5.41, 5.74) is 7.72. The Morgan fingerprint density at radius 2 is 2.12 bits per heavy atom. The number of para-hydroxylation sites is 1. The quantitative estimate of drug-likeness (QED) is 0.783. The molecule has 1 aromatic carbocycles. The average molecular weight is 230 g/mol. The molecule has 0 aliphatic rings. The molecule has 0 bridgehead atoms. The second kappa shape index (κ2) is 3.83. The molecule has 1 heterocycles. The van der Waals surface area contributed by atoms with Gasteiger partial charge in [0.2, 0.25) is 0 Å². The number of anilines is 1. The van der Waals surface area contributed by atoms with E-state index in [1.54, 1.807) is 4.57 Å². The minimum atomic E-state index is 0.267. The molecular weight excluding hydrogens is 220 g/mol. The predicted octanol–water partition coefficient (Wildman–Crippen LogP) is 1.78. The molecule has 0 saturated carbocycles. The smallest absolute Gasteiger partial charge is 0.189 e. The standard InChI is InChI=1S/C11H10N4S/c1-7-4-2-3-5-8(7)15-10(13)9(6-12)16-11(15)14/h2-5,14H,13H2,1H3. The van der Waals surface area contributed by atoms with Crippen LogP contribution in [-0.2, 0) is 0 Å². The predicted molar refractivity (Wildman–Crippen MR) is 63.4 cm³/mol. The Balaban J connectivity index is 2.76. The molecule has 2 aromatic rings. The minimum Gasteiger partial charge on any atom is -0.383 e. The van der Waals surface area contributed by atoms with Crippen molar-refractivity contribution in [3.8, 4) is 11.8 Å². The molecule has 0 spiro atoms. The number of rotatable bonds is 1. The van der Waals surface area contributed by atoms with Crippen molar-refractivity contribution in [2.75, 3.05) is 5.73 Å². The van der Waals surface area contributed by atoms with E-state index in [1.165, 1.54) is 0 Å². The third-order valence-electron chi connectivity index (χ3n) is 2.33. The van der Waals surface area contributed by atoms with Crippen molar-refractivity contribution in [3.05, 3.63) is 39.5 Å². The third-order valence-corrected chi connectivity index (χ3v) is 3.21. The highest BCUT2D eigenvalue weighted by Gasteiger charge is 2.11. The normalized spacial score (nSPS) is 10.0. The Morgan fingerprint density at radius 3 is 2.69 bits per heavy atom. The second-order valence-corrected chi connectivity index (χ2v) is 4.35. The summed E-state index contributed by atoms with van der Waals surface area (Å²) in [4.78, 5) is 0.650. The summed E-state index contributed by atoms with van der Waals surface area (Å²) in [6, 6.07) is 9.65. The van der Waals surface area contributed by atoms with Gasteiger partial charge in [0.1, 0.15) is 16.8 Å². The molecule has 0 aliphatic heterocycles. The molecule has 3 N–H and O–H groups in total. The van der Waals surface area contributed by atoms with Crippen LogP contribution in [0.25, 0.3) is 5.69 Å². The van der Waals surface area contributed by atoms with Crippen LogP contribution in [0, 0.1) is 23.7 Å². The number of nitriles is 1. The van der Waals surface area contributed by atoms with Crippen molar-refractivity contribution in [1.29, 1.82) is 10.7 Å². The van der Waals surface area contributed by atoms with E-state index in [1.807, 2.05) is 37.3 Å². The number of nitrogens with zero attached hydrogens (tertiary/aromatic N) is 2. The van der Waals surface area contributed by atoms with Crippen LogP contribution in [0.15, 0.2) is 24.3 Å². The molecule has 0 saturated heterocycles. The first-order valence-corrected chi connectivity index (χ1v) is 5.49. The van der Waals surface area contributed by atoms with Gasteiger partial charge in [0.25, 0.3) is 0 Å². The van der Waals surface area contributed by atoms with Crippen LogP contribution in [0.2, 0.25) is 0 Å². The average Bonchev–Trinajstić information content (AvgIpc) is 2.55. The molecule has 0 aliphatic carbocycles. The van der Waals surface area contributed by atoms with E-state index >= 15 is 0 Å². The number of aromatic nitrogens is 1. The fraction of sp³-hybridized carbons (Fsp3) is 0.0909. The molecule has 0 atom stereocenters. The summed E-state index contributed by atoms with van der Waals surface area (Å²) < 4.78 is 1.60. The van der Waals surface area contributed by atoms with Gasteiger partial charge in [-0.05, 0) is 18.6 Å². The number of aryl methyl sites for hydroxylation is 1. The monoisotopic (exact) mass is 230 g/mol. The fourth-order valence-electron chi connectivity index (χ4n) is 1.54. The number of nitrogens with two attached hydrogens (primary N) is 1. The molecule has 5 heteroatoms.